The number of carbonyl (C=O) groups is 2. The highest BCUT2D eigenvalue weighted by molar-refractivity contribution is 6.09. The van der Waals surface area contributed by atoms with Crippen molar-refractivity contribution in [2.24, 2.45) is 5.41 Å². The smallest absolute Gasteiger partial charge is 0.344 e. The lowest BCUT2D eigenvalue weighted by Gasteiger charge is -2.42. The lowest BCUT2D eigenvalue weighted by atomic mass is 9.73. The predicted molar refractivity (Wildman–Crippen MR) is 338 cm³/mol. The van der Waals surface area contributed by atoms with Gasteiger partial charge in [0, 0.05) is 16.2 Å². The molecule has 83 heavy (non-hydrogen) atoms. The van der Waals surface area contributed by atoms with E-state index in [4.69, 9.17) is 18.9 Å². The molecule has 416 valence electrons. The van der Waals surface area contributed by atoms with E-state index in [1.54, 1.807) is 0 Å². The van der Waals surface area contributed by atoms with E-state index in [9.17, 15) is 9.59 Å². The van der Waals surface area contributed by atoms with Crippen molar-refractivity contribution < 1.29 is 28.5 Å². The van der Waals surface area contributed by atoms with E-state index in [0.717, 1.165) is 79.3 Å². The van der Waals surface area contributed by atoms with Gasteiger partial charge in [-0.3, -0.25) is 0 Å². The molecular weight excluding hydrogens is 1020 g/mol. The van der Waals surface area contributed by atoms with E-state index in [2.05, 4.69) is 111 Å². The van der Waals surface area contributed by atoms with Crippen LogP contribution in [0.2, 0.25) is 0 Å². The van der Waals surface area contributed by atoms with E-state index >= 15 is 0 Å². The van der Waals surface area contributed by atoms with Gasteiger partial charge in [0.2, 0.25) is 0 Å². The first-order valence-electron chi connectivity index (χ1n) is 30.2. The zero-order valence-corrected chi connectivity index (χ0v) is 47.9. The van der Waals surface area contributed by atoms with E-state index < -0.39 is 17.4 Å². The van der Waals surface area contributed by atoms with Crippen LogP contribution in [0.5, 0.6) is 23.0 Å². The molecule has 0 aliphatic carbocycles. The first-order valence-corrected chi connectivity index (χ1v) is 30.2. The summed E-state index contributed by atoms with van der Waals surface area (Å²) in [6, 6.07) is 70.3. The fraction of sp³-hybridized carbons (Fsp3) is 0.247. The van der Waals surface area contributed by atoms with Gasteiger partial charge >= 0.3 is 11.9 Å². The molecule has 0 bridgehead atoms. The maximum Gasteiger partial charge on any atom is 0.344 e. The summed E-state index contributed by atoms with van der Waals surface area (Å²) in [7, 11) is 0. The highest BCUT2D eigenvalue weighted by Gasteiger charge is 2.42. The lowest BCUT2D eigenvalue weighted by Crippen LogP contribution is -2.44. The fourth-order valence-corrected chi connectivity index (χ4v) is 12.4. The molecule has 0 amide bonds. The Morgan fingerprint density at radius 2 is 0.675 bits per heavy atom. The standard InChI is InChI=1S/C77H72O6/c1-3-5-7-9-11-17-53-23-27-55(28-24-53)57-31-35-59(36-32-57)61-39-43-65(44-40-61)82-75(78)71-47-63-49-77(51-80-73(63)69-21-15-13-19-67(69)71)50-64-48-72(68-20-14-16-22-70(68)74(64)81-52-77)76(79)83-66-45-41-62(42-46-66)60-37-33-58(34-38-60)56-29-25-54(26-30-56)18-12-10-8-6-4-2/h13-16,19-48H,3-12,17-18,49-52H2,1-2H3. The normalized spacial score (nSPS) is 13.2. The first-order chi connectivity index (χ1) is 40.8. The Kier molecular flexibility index (Phi) is 16.6. The van der Waals surface area contributed by atoms with E-state index in [1.807, 2.05) is 109 Å². The van der Waals surface area contributed by atoms with Crippen LogP contribution >= 0.6 is 0 Å². The van der Waals surface area contributed by atoms with Crippen molar-refractivity contribution in [2.75, 3.05) is 13.2 Å². The minimum atomic E-state index is -0.467. The van der Waals surface area contributed by atoms with Crippen LogP contribution < -0.4 is 18.9 Å². The molecular formula is C77H72O6. The number of benzene rings is 10. The summed E-state index contributed by atoms with van der Waals surface area (Å²) in [5.74, 6) is 1.59. The number of aryl methyl sites for hydroxylation is 2. The number of carbonyl (C=O) groups excluding carboxylic acids is 2. The molecule has 12 rings (SSSR count). The van der Waals surface area contributed by atoms with Gasteiger partial charge < -0.3 is 18.9 Å². The highest BCUT2D eigenvalue weighted by atomic mass is 16.5. The van der Waals surface area contributed by atoms with Crippen molar-refractivity contribution in [1.29, 1.82) is 0 Å². The Morgan fingerprint density at radius 3 is 1.01 bits per heavy atom. The lowest BCUT2D eigenvalue weighted by molar-refractivity contribution is 0.0496. The van der Waals surface area contributed by atoms with Gasteiger partial charge in [-0.1, -0.05) is 235 Å². The molecule has 0 saturated carbocycles. The van der Waals surface area contributed by atoms with Gasteiger partial charge in [0.05, 0.1) is 24.3 Å². The Labute approximate surface area is 489 Å². The van der Waals surface area contributed by atoms with Crippen LogP contribution in [0.25, 0.3) is 66.1 Å². The molecule has 10 aromatic rings. The topological polar surface area (TPSA) is 71.1 Å². The average Bonchev–Trinajstić information content (AvgIpc) is 3.60. The largest absolute Gasteiger partial charge is 0.492 e. The number of unbranched alkanes of at least 4 members (excludes halogenated alkanes) is 8. The summed E-state index contributed by atoms with van der Waals surface area (Å²) in [5.41, 5.74) is 14.1. The number of fused-ring (bicyclic) bond motifs is 6. The summed E-state index contributed by atoms with van der Waals surface area (Å²) in [4.78, 5) is 28.6. The maximum absolute atomic E-state index is 14.3. The third-order valence-electron chi connectivity index (χ3n) is 17.0. The molecule has 2 aliphatic heterocycles. The van der Waals surface area contributed by atoms with Crippen molar-refractivity contribution in [3.05, 3.63) is 240 Å². The Bertz CT molecular complexity index is 3620. The second kappa shape index (κ2) is 25.2. The molecule has 6 heteroatoms. The molecule has 0 atom stereocenters. The third-order valence-corrected chi connectivity index (χ3v) is 17.0. The molecule has 0 radical (unpaired) electrons. The number of hydrogen-bond donors (Lipinski definition) is 0. The molecule has 2 heterocycles. The summed E-state index contributed by atoms with van der Waals surface area (Å²) in [5, 5.41) is 3.26. The van der Waals surface area contributed by atoms with Gasteiger partial charge in [0.15, 0.2) is 0 Å². The zero-order valence-electron chi connectivity index (χ0n) is 47.9. The Morgan fingerprint density at radius 1 is 0.373 bits per heavy atom. The van der Waals surface area contributed by atoms with E-state index in [-0.39, 0.29) is 0 Å². The van der Waals surface area contributed by atoms with Crippen LogP contribution in [-0.4, -0.2) is 25.2 Å². The molecule has 0 aromatic heterocycles. The van der Waals surface area contributed by atoms with Gasteiger partial charge in [0.25, 0.3) is 0 Å². The second-order valence-electron chi connectivity index (χ2n) is 23.1. The van der Waals surface area contributed by atoms with Gasteiger partial charge in [-0.15, -0.1) is 0 Å². The highest BCUT2D eigenvalue weighted by Crippen LogP contribution is 2.48. The van der Waals surface area contributed by atoms with Crippen LogP contribution in [-0.2, 0) is 25.7 Å². The molecule has 6 nitrogen and oxygen atoms in total. The fourth-order valence-electron chi connectivity index (χ4n) is 12.4. The molecule has 1 spiro atoms. The maximum atomic E-state index is 14.3. The minimum absolute atomic E-state index is 0.406. The van der Waals surface area contributed by atoms with Gasteiger partial charge in [-0.05, 0) is 152 Å². The van der Waals surface area contributed by atoms with Crippen LogP contribution in [0.4, 0.5) is 0 Å². The van der Waals surface area contributed by atoms with E-state index in [1.165, 1.54) is 97.6 Å². The number of rotatable bonds is 20. The molecule has 0 saturated heterocycles. The van der Waals surface area contributed by atoms with Crippen molar-refractivity contribution in [3.8, 4) is 67.5 Å². The van der Waals surface area contributed by atoms with Crippen molar-refractivity contribution >= 4 is 33.5 Å². The number of hydrogen-bond acceptors (Lipinski definition) is 6. The van der Waals surface area contributed by atoms with Crippen molar-refractivity contribution in [1.82, 2.24) is 0 Å². The Hall–Kier alpha value is -8.74. The summed E-state index contributed by atoms with van der Waals surface area (Å²) in [6.45, 7) is 5.33. The molecule has 2 aliphatic rings. The number of ether oxygens (including phenoxy) is 4. The Balaban J connectivity index is 0.708. The van der Waals surface area contributed by atoms with Crippen LogP contribution in [0.3, 0.4) is 0 Å². The predicted octanol–water partition coefficient (Wildman–Crippen LogP) is 19.7. The quantitative estimate of drug-likeness (QED) is 0.0430. The van der Waals surface area contributed by atoms with Crippen LogP contribution in [0, 0.1) is 5.41 Å². The molecule has 0 unspecified atom stereocenters. The summed E-state index contributed by atoms with van der Waals surface area (Å²) >= 11 is 0. The van der Waals surface area contributed by atoms with Gasteiger partial charge in [-0.2, -0.15) is 0 Å². The van der Waals surface area contributed by atoms with Gasteiger partial charge in [0.1, 0.15) is 23.0 Å². The summed E-state index contributed by atoms with van der Waals surface area (Å²) in [6.07, 6.45) is 16.4. The zero-order chi connectivity index (χ0) is 56.5. The van der Waals surface area contributed by atoms with Gasteiger partial charge in [-0.25, -0.2) is 9.59 Å². The molecule has 10 aromatic carbocycles. The summed E-state index contributed by atoms with van der Waals surface area (Å²) < 4.78 is 25.7. The minimum Gasteiger partial charge on any atom is -0.492 e. The second-order valence-corrected chi connectivity index (χ2v) is 23.1. The molecule has 0 fully saturated rings. The monoisotopic (exact) mass is 1090 g/mol. The van der Waals surface area contributed by atoms with Crippen molar-refractivity contribution in [2.45, 2.75) is 104 Å². The van der Waals surface area contributed by atoms with Crippen LogP contribution in [0.15, 0.2) is 206 Å². The van der Waals surface area contributed by atoms with Crippen molar-refractivity contribution in [3.63, 3.8) is 0 Å². The van der Waals surface area contributed by atoms with E-state index in [0.29, 0.717) is 48.7 Å². The average molecular weight is 1090 g/mol. The number of esters is 2. The molecule has 0 N–H and O–H groups in total. The first kappa shape index (κ1) is 54.8. The van der Waals surface area contributed by atoms with Crippen LogP contribution in [0.1, 0.15) is 121 Å². The third kappa shape index (κ3) is 12.4. The SMILES string of the molecule is CCCCCCCc1ccc(-c2ccc(-c3ccc(OC(=O)c4cc5c(c6ccccc46)OCC4(COc6c(cc(C(=O)Oc7ccc(-c8ccc(-c9ccc(CCCCCCC)cc9)cc8)cc7)c7ccccc67)C4)C5)cc3)cc2)cc1.